The zero-order chi connectivity index (χ0) is 15.2. The molecule has 1 N–H and O–H groups in total. The molecule has 0 saturated carbocycles. The van der Waals surface area contributed by atoms with Crippen molar-refractivity contribution in [3.8, 4) is 6.07 Å². The minimum Gasteiger partial charge on any atom is -0.468 e. The van der Waals surface area contributed by atoms with E-state index in [1.807, 2.05) is 25.1 Å². The molecule has 7 nitrogen and oxygen atoms in total. The van der Waals surface area contributed by atoms with Gasteiger partial charge in [0.2, 0.25) is 0 Å². The zero-order valence-electron chi connectivity index (χ0n) is 11.9. The van der Waals surface area contributed by atoms with Crippen molar-refractivity contribution in [2.75, 3.05) is 34.2 Å². The lowest BCUT2D eigenvalue weighted by molar-refractivity contribution is 0.258. The minimum atomic E-state index is -3.59. The molecule has 8 heteroatoms. The maximum absolute atomic E-state index is 12.0. The minimum absolute atomic E-state index is 0.159. The number of nitrogens with zero attached hydrogens (tertiary/aromatic N) is 3. The van der Waals surface area contributed by atoms with Gasteiger partial charge in [0.25, 0.3) is 10.2 Å². The first-order valence-corrected chi connectivity index (χ1v) is 7.60. The Morgan fingerprint density at radius 2 is 2.15 bits per heavy atom. The summed E-state index contributed by atoms with van der Waals surface area (Å²) in [7, 11) is 1.55. The Kier molecular flexibility index (Phi) is 6.16. The summed E-state index contributed by atoms with van der Waals surface area (Å²) in [5, 5.41) is 8.49. The van der Waals surface area contributed by atoms with Crippen molar-refractivity contribution < 1.29 is 12.8 Å². The Bertz CT molecular complexity index is 534. The van der Waals surface area contributed by atoms with Gasteiger partial charge in [-0.05, 0) is 26.2 Å². The van der Waals surface area contributed by atoms with Crippen molar-refractivity contribution in [2.45, 2.75) is 12.5 Å². The largest absolute Gasteiger partial charge is 0.468 e. The quantitative estimate of drug-likeness (QED) is 0.758. The first kappa shape index (κ1) is 16.7. The van der Waals surface area contributed by atoms with Crippen molar-refractivity contribution in [3.63, 3.8) is 0 Å². The van der Waals surface area contributed by atoms with Crippen LogP contribution in [-0.4, -0.2) is 51.9 Å². The summed E-state index contributed by atoms with van der Waals surface area (Å²) < 4.78 is 32.9. The monoisotopic (exact) mass is 300 g/mol. The van der Waals surface area contributed by atoms with Gasteiger partial charge >= 0.3 is 0 Å². The van der Waals surface area contributed by atoms with Crippen molar-refractivity contribution in [3.05, 3.63) is 24.2 Å². The van der Waals surface area contributed by atoms with Crippen LogP contribution in [0.3, 0.4) is 0 Å². The van der Waals surface area contributed by atoms with Crippen LogP contribution in [-0.2, 0) is 10.2 Å². The van der Waals surface area contributed by atoms with E-state index < -0.39 is 10.2 Å². The molecule has 0 aliphatic carbocycles. The highest BCUT2D eigenvalue weighted by molar-refractivity contribution is 7.87. The van der Waals surface area contributed by atoms with Gasteiger partial charge < -0.3 is 4.42 Å². The van der Waals surface area contributed by atoms with E-state index in [9.17, 15) is 8.42 Å². The normalized spacial score (nSPS) is 13.6. The number of nitriles is 1. The van der Waals surface area contributed by atoms with E-state index in [0.717, 1.165) is 4.31 Å². The molecule has 1 aromatic heterocycles. The molecule has 0 aromatic carbocycles. The molecule has 112 valence electrons. The standard InChI is InChI=1S/C12H20N4O3S/c1-15(2)11(12-6-4-9-19-12)10-14-20(17,18)16(3)8-5-7-13/h4,6,9,11,14H,5,8,10H2,1-3H3. The summed E-state index contributed by atoms with van der Waals surface area (Å²) in [6.45, 7) is 0.360. The lowest BCUT2D eigenvalue weighted by atomic mass is 10.2. The van der Waals surface area contributed by atoms with Gasteiger partial charge in [0.15, 0.2) is 0 Å². The van der Waals surface area contributed by atoms with E-state index in [2.05, 4.69) is 4.72 Å². The van der Waals surface area contributed by atoms with E-state index in [1.165, 1.54) is 7.05 Å². The lowest BCUT2D eigenvalue weighted by Gasteiger charge is -2.24. The third kappa shape index (κ3) is 4.61. The van der Waals surface area contributed by atoms with E-state index >= 15 is 0 Å². The highest BCUT2D eigenvalue weighted by Crippen LogP contribution is 2.17. The molecule has 1 aromatic rings. The van der Waals surface area contributed by atoms with Gasteiger partial charge in [0.05, 0.1) is 18.4 Å². The van der Waals surface area contributed by atoms with Crippen LogP contribution in [0, 0.1) is 11.3 Å². The lowest BCUT2D eigenvalue weighted by Crippen LogP contribution is -2.42. The van der Waals surface area contributed by atoms with Crippen LogP contribution in [0.5, 0.6) is 0 Å². The summed E-state index contributed by atoms with van der Waals surface area (Å²) in [5.74, 6) is 0.692. The van der Waals surface area contributed by atoms with Crippen molar-refractivity contribution in [2.24, 2.45) is 0 Å². The summed E-state index contributed by atoms with van der Waals surface area (Å²) >= 11 is 0. The van der Waals surface area contributed by atoms with E-state index in [4.69, 9.17) is 9.68 Å². The first-order chi connectivity index (χ1) is 9.38. The third-order valence-electron chi connectivity index (χ3n) is 2.90. The van der Waals surface area contributed by atoms with Crippen LogP contribution in [0.15, 0.2) is 22.8 Å². The Morgan fingerprint density at radius 1 is 1.45 bits per heavy atom. The Hall–Kier alpha value is -1.40. The van der Waals surface area contributed by atoms with Gasteiger partial charge in [0.1, 0.15) is 5.76 Å². The predicted molar refractivity (Wildman–Crippen MR) is 74.9 cm³/mol. The van der Waals surface area contributed by atoms with Crippen LogP contribution in [0.4, 0.5) is 0 Å². The molecular formula is C12H20N4O3S. The Balaban J connectivity index is 2.66. The molecular weight excluding hydrogens is 280 g/mol. The fourth-order valence-electron chi connectivity index (χ4n) is 1.64. The van der Waals surface area contributed by atoms with Crippen molar-refractivity contribution in [1.29, 1.82) is 5.26 Å². The fourth-order valence-corrected chi connectivity index (χ4v) is 2.56. The maximum Gasteiger partial charge on any atom is 0.279 e. The fraction of sp³-hybridized carbons (Fsp3) is 0.583. The van der Waals surface area contributed by atoms with E-state index in [-0.39, 0.29) is 25.6 Å². The molecule has 0 aliphatic heterocycles. The second kappa shape index (κ2) is 7.40. The molecule has 1 rings (SSSR count). The van der Waals surface area contributed by atoms with Gasteiger partial charge in [-0.3, -0.25) is 4.90 Å². The van der Waals surface area contributed by atoms with Gasteiger partial charge in [-0.25, -0.2) is 4.72 Å². The van der Waals surface area contributed by atoms with E-state index in [1.54, 1.807) is 18.4 Å². The predicted octanol–water partition coefficient (Wildman–Crippen LogP) is 0.562. The zero-order valence-corrected chi connectivity index (χ0v) is 12.7. The molecule has 1 atom stereocenters. The van der Waals surface area contributed by atoms with Gasteiger partial charge in [-0.15, -0.1) is 0 Å². The molecule has 0 spiro atoms. The van der Waals surface area contributed by atoms with Crippen LogP contribution >= 0.6 is 0 Å². The molecule has 0 saturated heterocycles. The number of nitrogens with one attached hydrogen (secondary N) is 1. The van der Waals surface area contributed by atoms with Crippen molar-refractivity contribution in [1.82, 2.24) is 13.9 Å². The molecule has 0 bridgehead atoms. The summed E-state index contributed by atoms with van der Waals surface area (Å²) in [6.07, 6.45) is 1.71. The van der Waals surface area contributed by atoms with Crippen molar-refractivity contribution >= 4 is 10.2 Å². The number of furan rings is 1. The molecule has 1 unspecified atom stereocenters. The Morgan fingerprint density at radius 3 is 2.65 bits per heavy atom. The average Bonchev–Trinajstić information content (AvgIpc) is 2.89. The first-order valence-electron chi connectivity index (χ1n) is 6.16. The maximum atomic E-state index is 12.0. The smallest absolute Gasteiger partial charge is 0.279 e. The summed E-state index contributed by atoms with van der Waals surface area (Å²) in [5.41, 5.74) is 0. The SMILES string of the molecule is CN(C)C(CNS(=O)(=O)N(C)CCC#N)c1ccco1. The molecule has 20 heavy (non-hydrogen) atoms. The number of rotatable bonds is 8. The molecule has 0 aliphatic rings. The van der Waals surface area contributed by atoms with Crippen LogP contribution in [0.2, 0.25) is 0 Å². The number of hydrogen-bond acceptors (Lipinski definition) is 5. The Labute approximate surface area is 120 Å². The van der Waals surface area contributed by atoms with Gasteiger partial charge in [-0.2, -0.15) is 18.0 Å². The summed E-state index contributed by atoms with van der Waals surface area (Å²) in [6, 6.07) is 5.30. The molecule has 0 radical (unpaired) electrons. The van der Waals surface area contributed by atoms with E-state index in [0.29, 0.717) is 5.76 Å². The van der Waals surface area contributed by atoms with Crippen LogP contribution < -0.4 is 4.72 Å². The molecule has 1 heterocycles. The van der Waals surface area contributed by atoms with Crippen LogP contribution in [0.1, 0.15) is 18.2 Å². The molecule has 0 amide bonds. The molecule has 0 fully saturated rings. The third-order valence-corrected chi connectivity index (χ3v) is 4.44. The topological polar surface area (TPSA) is 89.6 Å². The highest BCUT2D eigenvalue weighted by atomic mass is 32.2. The second-order valence-electron chi connectivity index (χ2n) is 4.58. The van der Waals surface area contributed by atoms with Gasteiger partial charge in [0, 0.05) is 26.6 Å². The summed E-state index contributed by atoms with van der Waals surface area (Å²) in [4.78, 5) is 1.87. The highest BCUT2D eigenvalue weighted by Gasteiger charge is 2.22. The number of likely N-dealkylation sites (N-methyl/N-ethyl adjacent to an activating group) is 1. The second-order valence-corrected chi connectivity index (χ2v) is 6.44. The van der Waals surface area contributed by atoms with Crippen LogP contribution in [0.25, 0.3) is 0 Å². The average molecular weight is 300 g/mol. The van der Waals surface area contributed by atoms with Gasteiger partial charge in [-0.1, -0.05) is 0 Å². The number of hydrogen-bond donors (Lipinski definition) is 1.